The van der Waals surface area contributed by atoms with Crippen molar-refractivity contribution in [3.8, 4) is 0 Å². The van der Waals surface area contributed by atoms with Crippen LogP contribution in [0.25, 0.3) is 5.57 Å². The molecule has 1 aliphatic heterocycles. The molecule has 1 saturated heterocycles. The summed E-state index contributed by atoms with van der Waals surface area (Å²) in [4.78, 5) is 5.05. The zero-order valence-corrected chi connectivity index (χ0v) is 27.8. The van der Waals surface area contributed by atoms with E-state index in [0.717, 1.165) is 17.2 Å². The zero-order chi connectivity index (χ0) is 29.1. The summed E-state index contributed by atoms with van der Waals surface area (Å²) in [5.41, 5.74) is 14.9. The summed E-state index contributed by atoms with van der Waals surface area (Å²) in [6, 6.07) is 28.4. The molecule has 5 heteroatoms. The Labute approximate surface area is 255 Å². The van der Waals surface area contributed by atoms with Crippen molar-refractivity contribution in [2.45, 2.75) is 46.3 Å². The topological polar surface area (TPSA) is 6.48 Å². The Morgan fingerprint density at radius 3 is 1.54 bits per heavy atom. The van der Waals surface area contributed by atoms with E-state index in [9.17, 15) is 0 Å². The van der Waals surface area contributed by atoms with E-state index in [0.29, 0.717) is 0 Å². The summed E-state index contributed by atoms with van der Waals surface area (Å²) in [5, 5.41) is 0. The molecule has 0 aromatic heterocycles. The first-order chi connectivity index (χ1) is 19.6. The summed E-state index contributed by atoms with van der Waals surface area (Å²) in [6.45, 7) is 15.0. The number of anilines is 2. The minimum absolute atomic E-state index is 0.149. The van der Waals surface area contributed by atoms with Gasteiger partial charge >= 0.3 is 257 Å². The van der Waals surface area contributed by atoms with Crippen LogP contribution >= 0.6 is 19.4 Å². The summed E-state index contributed by atoms with van der Waals surface area (Å²) >= 11 is -3.68. The van der Waals surface area contributed by atoms with E-state index < -0.39 is 12.3 Å². The van der Waals surface area contributed by atoms with Crippen molar-refractivity contribution >= 4 is 40.4 Å². The Hall–Kier alpha value is -2.71. The number of hydrogen-bond donors (Lipinski definition) is 0. The molecule has 1 fully saturated rings. The van der Waals surface area contributed by atoms with Gasteiger partial charge in [0.2, 0.25) is 0 Å². The molecule has 0 saturated carbocycles. The predicted molar refractivity (Wildman–Crippen MR) is 176 cm³/mol. The normalized spacial score (nSPS) is 15.9. The Kier molecular flexibility index (Phi) is 7.52. The van der Waals surface area contributed by atoms with Gasteiger partial charge in [-0.05, 0) is 0 Å². The van der Waals surface area contributed by atoms with Crippen molar-refractivity contribution < 1.29 is 12.3 Å². The van der Waals surface area contributed by atoms with Gasteiger partial charge in [0.15, 0.2) is 0 Å². The van der Waals surface area contributed by atoms with E-state index in [4.69, 9.17) is 19.4 Å². The number of aryl methyl sites for hydroxylation is 6. The van der Waals surface area contributed by atoms with Gasteiger partial charge in [0.05, 0.1) is 0 Å². The van der Waals surface area contributed by atoms with Crippen molar-refractivity contribution in [2.24, 2.45) is 0 Å². The summed E-state index contributed by atoms with van der Waals surface area (Å²) in [5.74, 6) is 0. The second-order valence-corrected chi connectivity index (χ2v) is 21.2. The molecule has 0 unspecified atom stereocenters. The van der Waals surface area contributed by atoms with Gasteiger partial charge in [-0.25, -0.2) is 0 Å². The standard InChI is InChI=1S/C21H27N2.C15H10.2ClH.Ru/c1-14-9-16(3)20(17(4)10-14)22-7-8-23(13-22)21-18(5)11-15(2)12-19(21)6;1-2-6-12(7-3-1)15-11-10-13-8-4-5-9-14(13)15;;;/h9-13H,7-8H2,1-6H3;1-9,11H;2*1H;/q;;;;-1/p-2. The third-order valence-electron chi connectivity index (χ3n) is 8.23. The molecular formula is C36H37Cl2N2Ru-3. The Morgan fingerprint density at radius 1 is 0.610 bits per heavy atom. The second kappa shape index (κ2) is 10.8. The van der Waals surface area contributed by atoms with Crippen LogP contribution in [-0.4, -0.2) is 22.0 Å². The number of hydrogen-bond acceptors (Lipinski definition) is 2. The zero-order valence-electron chi connectivity index (χ0n) is 24.6. The third-order valence-corrected chi connectivity index (χ3v) is 15.7. The van der Waals surface area contributed by atoms with Crippen molar-refractivity contribution in [1.82, 2.24) is 0 Å². The fourth-order valence-electron chi connectivity index (χ4n) is 6.90. The average molecular weight is 670 g/mol. The predicted octanol–water partition coefficient (Wildman–Crippen LogP) is 9.27. The van der Waals surface area contributed by atoms with E-state index in [1.165, 1.54) is 67.0 Å². The number of halogens is 2. The van der Waals surface area contributed by atoms with Crippen LogP contribution in [0, 0.1) is 41.5 Å². The second-order valence-electron chi connectivity index (χ2n) is 11.4. The first kappa shape index (κ1) is 28.4. The van der Waals surface area contributed by atoms with Gasteiger partial charge in [0.25, 0.3) is 0 Å². The van der Waals surface area contributed by atoms with Crippen molar-refractivity contribution in [2.75, 3.05) is 22.9 Å². The molecule has 4 aromatic carbocycles. The van der Waals surface area contributed by atoms with E-state index in [1.54, 1.807) is 0 Å². The third kappa shape index (κ3) is 4.91. The molecule has 216 valence electrons. The average Bonchev–Trinajstić information content (AvgIpc) is 3.51. The van der Waals surface area contributed by atoms with Crippen LogP contribution in [0.4, 0.5) is 11.4 Å². The molecule has 2 aliphatic rings. The minimum atomic E-state index is -3.68. The number of fused-ring (bicyclic) bond motifs is 1. The summed E-state index contributed by atoms with van der Waals surface area (Å²) < 4.78 is 0.967. The van der Waals surface area contributed by atoms with E-state index in [1.807, 2.05) is 0 Å². The molecule has 1 aliphatic carbocycles. The Bertz CT molecular complexity index is 1640. The van der Waals surface area contributed by atoms with Crippen molar-refractivity contribution in [1.29, 1.82) is 0 Å². The van der Waals surface area contributed by atoms with Crippen molar-refractivity contribution in [3.63, 3.8) is 0 Å². The number of benzene rings is 4. The van der Waals surface area contributed by atoms with Crippen LogP contribution in [0.2, 0.25) is 0 Å². The summed E-state index contributed by atoms with van der Waals surface area (Å²) in [7, 11) is 15.9. The maximum atomic E-state index is 7.96. The number of nitrogens with zero attached hydrogens (tertiary/aromatic N) is 2. The van der Waals surface area contributed by atoms with Gasteiger partial charge in [0.1, 0.15) is 0 Å². The van der Waals surface area contributed by atoms with Crippen LogP contribution in [0.15, 0.2) is 84.9 Å². The molecular weight excluding hydrogens is 632 g/mol. The monoisotopic (exact) mass is 669 g/mol. The van der Waals surface area contributed by atoms with Gasteiger partial charge in [-0.1, -0.05) is 0 Å². The van der Waals surface area contributed by atoms with Gasteiger partial charge < -0.3 is 0 Å². The molecule has 0 N–H and O–H groups in total. The fraction of sp³-hybridized carbons (Fsp3) is 0.250. The molecule has 0 amide bonds. The van der Waals surface area contributed by atoms with Crippen LogP contribution in [0.1, 0.15) is 50.1 Å². The van der Waals surface area contributed by atoms with E-state index in [2.05, 4.69) is 136 Å². The van der Waals surface area contributed by atoms with Gasteiger partial charge in [-0.15, -0.1) is 0 Å². The molecule has 2 nitrogen and oxygen atoms in total. The first-order valence-corrected chi connectivity index (χ1v) is 20.5. The molecule has 41 heavy (non-hydrogen) atoms. The Morgan fingerprint density at radius 2 is 1.05 bits per heavy atom. The van der Waals surface area contributed by atoms with Crippen LogP contribution in [0.3, 0.4) is 0 Å². The fourth-order valence-corrected chi connectivity index (χ4v) is 14.5. The quantitative estimate of drug-likeness (QED) is 0.200. The van der Waals surface area contributed by atoms with E-state index in [-0.39, 0.29) is 4.76 Å². The molecule has 0 bridgehead atoms. The molecule has 6 rings (SSSR count). The maximum absolute atomic E-state index is 7.96. The van der Waals surface area contributed by atoms with Crippen LogP contribution in [-0.2, 0) is 12.3 Å². The molecule has 0 spiro atoms. The van der Waals surface area contributed by atoms with Gasteiger partial charge in [-0.3, -0.25) is 0 Å². The molecule has 4 aromatic rings. The van der Waals surface area contributed by atoms with Crippen LogP contribution in [0.5, 0.6) is 0 Å². The number of allylic oxidation sites excluding steroid dienone is 1. The van der Waals surface area contributed by atoms with Crippen LogP contribution < -0.4 is 9.80 Å². The Balaban J connectivity index is 1.63. The molecule has 0 radical (unpaired) electrons. The van der Waals surface area contributed by atoms with Gasteiger partial charge in [-0.2, -0.15) is 0 Å². The first-order valence-electron chi connectivity index (χ1n) is 14.1. The molecule has 0 atom stereocenters. The molecule has 1 heterocycles. The van der Waals surface area contributed by atoms with E-state index >= 15 is 0 Å². The number of rotatable bonds is 4. The van der Waals surface area contributed by atoms with Crippen molar-refractivity contribution in [3.05, 3.63) is 135 Å². The van der Waals surface area contributed by atoms with Gasteiger partial charge in [0, 0.05) is 0 Å². The SMILES string of the molecule is Cc1cc(C)c(N2CCN(c3c(C)cc(C)cc3C)[CH]2[Ru-3]([Cl])([Cl])=[C]2C=C(c3ccccc3)c3ccccc32)c(C)c1. The summed E-state index contributed by atoms with van der Waals surface area (Å²) in [6.07, 6.45) is 2.30.